The highest BCUT2D eigenvalue weighted by Gasteiger charge is 2.02. The van der Waals surface area contributed by atoms with Gasteiger partial charge in [0.25, 0.3) is 0 Å². The molecule has 0 aliphatic heterocycles. The molecule has 10 heavy (non-hydrogen) atoms. The summed E-state index contributed by atoms with van der Waals surface area (Å²) in [5.74, 6) is -1.67. The van der Waals surface area contributed by atoms with Gasteiger partial charge in [-0.2, -0.15) is 12.6 Å². The van der Waals surface area contributed by atoms with Crippen LogP contribution in [0, 0.1) is 0 Å². The van der Waals surface area contributed by atoms with Gasteiger partial charge in [0.15, 0.2) is 0 Å². The van der Waals surface area contributed by atoms with Crippen LogP contribution in [0.3, 0.4) is 0 Å². The molecule has 0 N–H and O–H groups in total. The molecule has 0 bridgehead atoms. The van der Waals surface area contributed by atoms with E-state index in [2.05, 4.69) is 29.0 Å². The molecule has 0 atom stereocenters. The van der Waals surface area contributed by atoms with Gasteiger partial charge in [-0.1, -0.05) is 6.58 Å². The zero-order valence-electron chi connectivity index (χ0n) is 5.07. The maximum absolute atomic E-state index is 10.2. The van der Waals surface area contributed by atoms with Gasteiger partial charge in [-0.25, -0.2) is 19.4 Å². The molecule has 0 unspecified atom stereocenters. The molecule has 0 heterocycles. The molecule has 56 valence electrons. The summed E-state index contributed by atoms with van der Waals surface area (Å²) in [6.07, 6.45) is 0.881. The minimum atomic E-state index is -0.810. The Hall–Kier alpha value is -0.970. The topological polar surface area (TPSA) is 52.6 Å². The van der Waals surface area contributed by atoms with Crippen molar-refractivity contribution in [3.8, 4) is 0 Å². The molecule has 0 aromatic rings. The Kier molecular flexibility index (Phi) is 4.39. The molecule has 0 rings (SSSR count). The lowest BCUT2D eigenvalue weighted by Gasteiger charge is -1.96. The molecular formula is C5H6O4S. The van der Waals surface area contributed by atoms with Gasteiger partial charge >= 0.3 is 11.9 Å². The van der Waals surface area contributed by atoms with E-state index in [1.807, 2.05) is 0 Å². The number of rotatable bonds is 2. The predicted octanol–water partition coefficient (Wildman–Crippen LogP) is 0.104. The molecule has 0 fully saturated rings. The summed E-state index contributed by atoms with van der Waals surface area (Å²) in [5, 5.41) is 0. The van der Waals surface area contributed by atoms with Gasteiger partial charge in [-0.05, 0) is 0 Å². The summed E-state index contributed by atoms with van der Waals surface area (Å²) < 4.78 is 0. The second-order valence-electron chi connectivity index (χ2n) is 1.22. The van der Waals surface area contributed by atoms with Crippen molar-refractivity contribution in [3.05, 3.63) is 12.7 Å². The third-order valence-electron chi connectivity index (χ3n) is 0.513. The molecule has 0 aromatic carbocycles. The maximum Gasteiger partial charge on any atom is 0.378 e. The van der Waals surface area contributed by atoms with E-state index in [0.29, 0.717) is 0 Å². The largest absolute Gasteiger partial charge is 0.378 e. The monoisotopic (exact) mass is 162 g/mol. The van der Waals surface area contributed by atoms with Crippen LogP contribution in [-0.4, -0.2) is 17.7 Å². The molecule has 4 nitrogen and oxygen atoms in total. The van der Waals surface area contributed by atoms with Crippen molar-refractivity contribution in [3.63, 3.8) is 0 Å². The van der Waals surface area contributed by atoms with Crippen LogP contribution in [-0.2, 0) is 19.4 Å². The minimum absolute atomic E-state index is 0.135. The lowest BCUT2D eigenvalue weighted by molar-refractivity contribution is -0.252. The molecule has 0 aromatic heterocycles. The first kappa shape index (κ1) is 9.03. The molecule has 5 heteroatoms. The average Bonchev–Trinajstić information content (AvgIpc) is 1.99. The number of carbonyl (C=O) groups is 2. The quantitative estimate of drug-likeness (QED) is 0.271. The van der Waals surface area contributed by atoms with Gasteiger partial charge in [-0.15, -0.1) is 0 Å². The van der Waals surface area contributed by atoms with Crippen LogP contribution in [0.4, 0.5) is 0 Å². The van der Waals surface area contributed by atoms with Crippen LogP contribution < -0.4 is 0 Å². The number of hydrogen-bond donors (Lipinski definition) is 1. The first-order valence-electron chi connectivity index (χ1n) is 2.35. The molecule has 0 aliphatic carbocycles. The fourth-order valence-electron chi connectivity index (χ4n) is 0.148. The van der Waals surface area contributed by atoms with Gasteiger partial charge in [0.2, 0.25) is 0 Å². The van der Waals surface area contributed by atoms with Gasteiger partial charge in [-0.3, -0.25) is 0 Å². The van der Waals surface area contributed by atoms with E-state index in [0.717, 1.165) is 6.08 Å². The summed E-state index contributed by atoms with van der Waals surface area (Å²) in [7, 11) is 0. The van der Waals surface area contributed by atoms with Crippen LogP contribution in [0.2, 0.25) is 0 Å². The summed E-state index contributed by atoms with van der Waals surface area (Å²) in [6.45, 7) is 3.08. The second kappa shape index (κ2) is 4.87. The summed E-state index contributed by atoms with van der Waals surface area (Å²) in [6, 6.07) is 0. The summed E-state index contributed by atoms with van der Waals surface area (Å²) in [5.41, 5.74) is 0. The smallest absolute Gasteiger partial charge is 0.246 e. The Balaban J connectivity index is 3.44. The third kappa shape index (κ3) is 3.96. The fourth-order valence-corrected chi connectivity index (χ4v) is 0.201. The molecule has 0 spiro atoms. The third-order valence-corrected chi connectivity index (χ3v) is 0.771. The summed E-state index contributed by atoms with van der Waals surface area (Å²) >= 11 is 3.56. The number of carbonyl (C=O) groups excluding carboxylic acids is 2. The van der Waals surface area contributed by atoms with E-state index >= 15 is 0 Å². The molecule has 0 amide bonds. The second-order valence-corrected chi connectivity index (χ2v) is 1.54. The highest BCUT2D eigenvalue weighted by Crippen LogP contribution is 1.85. The Bertz CT molecular complexity index is 154. The van der Waals surface area contributed by atoms with E-state index < -0.39 is 11.9 Å². The zero-order chi connectivity index (χ0) is 7.98. The molecule has 0 radical (unpaired) electrons. The Morgan fingerprint density at radius 3 is 2.50 bits per heavy atom. The average molecular weight is 162 g/mol. The Morgan fingerprint density at radius 1 is 1.50 bits per heavy atom. The lowest BCUT2D eigenvalue weighted by atomic mass is 10.7. The lowest BCUT2D eigenvalue weighted by Crippen LogP contribution is -2.09. The fraction of sp³-hybridized carbons (Fsp3) is 0.200. The van der Waals surface area contributed by atoms with Gasteiger partial charge in [0.05, 0.1) is 5.75 Å². The highest BCUT2D eigenvalue weighted by atomic mass is 32.1. The van der Waals surface area contributed by atoms with E-state index in [-0.39, 0.29) is 5.75 Å². The standard InChI is InChI=1S/C5H6O4S/c1-2-4(6)8-9-5(7)3-10/h2,10H,1,3H2. The number of thiol groups is 1. The zero-order valence-corrected chi connectivity index (χ0v) is 5.97. The first-order chi connectivity index (χ1) is 4.70. The first-order valence-corrected chi connectivity index (χ1v) is 2.98. The van der Waals surface area contributed by atoms with Crippen molar-refractivity contribution in [2.45, 2.75) is 0 Å². The van der Waals surface area contributed by atoms with Crippen LogP contribution in [0.25, 0.3) is 0 Å². The van der Waals surface area contributed by atoms with Gasteiger partial charge in [0, 0.05) is 6.08 Å². The van der Waals surface area contributed by atoms with E-state index in [1.54, 1.807) is 0 Å². The van der Waals surface area contributed by atoms with Crippen molar-refractivity contribution in [2.24, 2.45) is 0 Å². The van der Waals surface area contributed by atoms with E-state index in [1.165, 1.54) is 0 Å². The van der Waals surface area contributed by atoms with Crippen molar-refractivity contribution in [2.75, 3.05) is 5.75 Å². The number of hydrogen-bond acceptors (Lipinski definition) is 5. The van der Waals surface area contributed by atoms with Crippen molar-refractivity contribution >= 4 is 24.6 Å². The van der Waals surface area contributed by atoms with Crippen LogP contribution in [0.15, 0.2) is 12.7 Å². The molecule has 0 aliphatic rings. The van der Waals surface area contributed by atoms with E-state index in [4.69, 9.17) is 0 Å². The van der Waals surface area contributed by atoms with Crippen LogP contribution in [0.1, 0.15) is 0 Å². The maximum atomic E-state index is 10.2. The highest BCUT2D eigenvalue weighted by molar-refractivity contribution is 7.81. The Labute approximate surface area is 63.1 Å². The van der Waals surface area contributed by atoms with Crippen molar-refractivity contribution in [1.29, 1.82) is 0 Å². The van der Waals surface area contributed by atoms with Crippen LogP contribution >= 0.6 is 12.6 Å². The van der Waals surface area contributed by atoms with Crippen molar-refractivity contribution < 1.29 is 19.4 Å². The van der Waals surface area contributed by atoms with Gasteiger partial charge in [0.1, 0.15) is 0 Å². The van der Waals surface area contributed by atoms with Crippen LogP contribution in [0.5, 0.6) is 0 Å². The Morgan fingerprint density at radius 2 is 2.10 bits per heavy atom. The molecule has 0 saturated carbocycles. The molecule has 0 saturated heterocycles. The summed E-state index contributed by atoms with van der Waals surface area (Å²) in [4.78, 5) is 28.2. The van der Waals surface area contributed by atoms with E-state index in [9.17, 15) is 9.59 Å². The predicted molar refractivity (Wildman–Crippen MR) is 36.2 cm³/mol. The molecular weight excluding hydrogens is 156 g/mol. The normalized spacial score (nSPS) is 8.10. The minimum Gasteiger partial charge on any atom is -0.246 e. The SMILES string of the molecule is C=CC(=O)OOC(=O)CS. The van der Waals surface area contributed by atoms with Gasteiger partial charge < -0.3 is 0 Å². The van der Waals surface area contributed by atoms with Crippen molar-refractivity contribution in [1.82, 2.24) is 0 Å².